The van der Waals surface area contributed by atoms with Crippen LogP contribution >= 0.6 is 22.9 Å². The van der Waals surface area contributed by atoms with Crippen LogP contribution in [0.25, 0.3) is 10.4 Å². The largest absolute Gasteiger partial charge is 0.368 e. The summed E-state index contributed by atoms with van der Waals surface area (Å²) in [6.45, 7) is 0.434. The maximum atomic E-state index is 12.6. The molecule has 0 saturated carbocycles. The van der Waals surface area contributed by atoms with Gasteiger partial charge >= 0.3 is 6.03 Å². The summed E-state index contributed by atoms with van der Waals surface area (Å²) in [6, 6.07) is 8.33. The van der Waals surface area contributed by atoms with Crippen molar-refractivity contribution in [1.82, 2.24) is 14.9 Å². The Labute approximate surface area is 198 Å². The predicted molar refractivity (Wildman–Crippen MR) is 126 cm³/mol. The van der Waals surface area contributed by atoms with Crippen LogP contribution in [0.5, 0.6) is 0 Å². The number of nitrogens with zero attached hydrogens (tertiary/aromatic N) is 3. The van der Waals surface area contributed by atoms with E-state index in [0.29, 0.717) is 35.0 Å². The lowest BCUT2D eigenvalue weighted by atomic mass is 10.2. The summed E-state index contributed by atoms with van der Waals surface area (Å²) < 4.78 is 27.7. The summed E-state index contributed by atoms with van der Waals surface area (Å²) in [7, 11) is -3.85. The molecule has 1 atom stereocenters. The fourth-order valence-corrected chi connectivity index (χ4v) is 5.46. The minimum atomic E-state index is -3.85. The number of nitrogens with two attached hydrogens (primary N) is 1. The molecule has 1 fully saturated rings. The Balaban J connectivity index is 1.52. The quantitative estimate of drug-likeness (QED) is 0.437. The fraction of sp³-hybridized carbons (Fsp3) is 0.200. The molecule has 4 rings (SSSR count). The zero-order valence-corrected chi connectivity index (χ0v) is 19.5. The van der Waals surface area contributed by atoms with Crippen LogP contribution in [-0.2, 0) is 14.8 Å². The highest BCUT2D eigenvalue weighted by Gasteiger charge is 2.33. The number of anilines is 2. The molecule has 0 spiro atoms. The number of hydrogen-bond acceptors (Lipinski definition) is 7. The van der Waals surface area contributed by atoms with E-state index in [4.69, 9.17) is 17.3 Å². The number of pyridine rings is 1. The Hall–Kier alpha value is -3.22. The molecule has 1 aromatic carbocycles. The number of halogens is 1. The van der Waals surface area contributed by atoms with Crippen molar-refractivity contribution in [2.45, 2.75) is 23.8 Å². The molecule has 1 saturated heterocycles. The van der Waals surface area contributed by atoms with Crippen LogP contribution in [-0.4, -0.2) is 47.8 Å². The number of amides is 3. The number of rotatable bonds is 6. The Morgan fingerprint density at radius 3 is 2.67 bits per heavy atom. The van der Waals surface area contributed by atoms with Gasteiger partial charge in [0, 0.05) is 24.5 Å². The summed E-state index contributed by atoms with van der Waals surface area (Å²) in [4.78, 5) is 34.4. The summed E-state index contributed by atoms with van der Waals surface area (Å²) in [5, 5.41) is 2.97. The van der Waals surface area contributed by atoms with Crippen molar-refractivity contribution in [3.8, 4) is 10.4 Å². The van der Waals surface area contributed by atoms with Gasteiger partial charge in [0.1, 0.15) is 6.04 Å². The van der Waals surface area contributed by atoms with E-state index >= 15 is 0 Å². The number of urea groups is 1. The molecule has 4 N–H and O–H groups in total. The van der Waals surface area contributed by atoms with Crippen molar-refractivity contribution >= 4 is 55.7 Å². The van der Waals surface area contributed by atoms with Gasteiger partial charge in [-0.15, -0.1) is 0 Å². The van der Waals surface area contributed by atoms with Crippen LogP contribution in [0, 0.1) is 0 Å². The molecule has 13 heteroatoms. The van der Waals surface area contributed by atoms with E-state index in [-0.39, 0.29) is 15.7 Å². The van der Waals surface area contributed by atoms with Gasteiger partial charge in [-0.3, -0.25) is 14.8 Å². The third kappa shape index (κ3) is 5.07. The molecular formula is C20H19ClN6O4S2. The zero-order chi connectivity index (χ0) is 23.6. The normalized spacial score (nSPS) is 15.9. The van der Waals surface area contributed by atoms with Crippen LogP contribution < -0.4 is 15.8 Å². The second-order valence-electron chi connectivity index (χ2n) is 7.19. The van der Waals surface area contributed by atoms with Crippen molar-refractivity contribution in [2.24, 2.45) is 5.73 Å². The fourth-order valence-electron chi connectivity index (χ4n) is 3.39. The number of thiazole rings is 1. The minimum Gasteiger partial charge on any atom is -0.368 e. The van der Waals surface area contributed by atoms with Crippen LogP contribution in [0.3, 0.4) is 0 Å². The maximum Gasteiger partial charge on any atom is 0.324 e. The Morgan fingerprint density at radius 2 is 1.94 bits per heavy atom. The van der Waals surface area contributed by atoms with Crippen LogP contribution in [0.15, 0.2) is 53.7 Å². The highest BCUT2D eigenvalue weighted by molar-refractivity contribution is 7.92. The zero-order valence-electron chi connectivity index (χ0n) is 17.1. The average molecular weight is 507 g/mol. The van der Waals surface area contributed by atoms with Crippen LogP contribution in [0.4, 0.5) is 15.6 Å². The second-order valence-corrected chi connectivity index (χ2v) is 10.3. The third-order valence-electron chi connectivity index (χ3n) is 4.98. The van der Waals surface area contributed by atoms with Gasteiger partial charge in [-0.2, -0.15) is 0 Å². The predicted octanol–water partition coefficient (Wildman–Crippen LogP) is 3.14. The van der Waals surface area contributed by atoms with E-state index in [1.165, 1.54) is 40.8 Å². The first-order valence-corrected chi connectivity index (χ1v) is 12.5. The van der Waals surface area contributed by atoms with Crippen molar-refractivity contribution in [2.75, 3.05) is 16.6 Å². The van der Waals surface area contributed by atoms with Gasteiger partial charge in [0.05, 0.1) is 15.5 Å². The van der Waals surface area contributed by atoms with Gasteiger partial charge in [0.15, 0.2) is 10.3 Å². The lowest BCUT2D eigenvalue weighted by Gasteiger charge is -2.21. The molecular weight excluding hydrogens is 488 g/mol. The van der Waals surface area contributed by atoms with Crippen molar-refractivity contribution < 1.29 is 18.0 Å². The number of carbonyl (C=O) groups is 2. The number of primary amides is 1. The summed E-state index contributed by atoms with van der Waals surface area (Å²) in [5.74, 6) is -0.541. The maximum absolute atomic E-state index is 12.6. The number of aromatic nitrogens is 2. The van der Waals surface area contributed by atoms with Gasteiger partial charge in [-0.05, 0) is 31.0 Å². The molecule has 10 nitrogen and oxygen atoms in total. The summed E-state index contributed by atoms with van der Waals surface area (Å²) >= 11 is 7.28. The molecule has 172 valence electrons. The standard InChI is InChI=1S/C20H19ClN6O4S2/c21-17-14(26-33(30,31)13-5-2-1-3-6-13)9-12(10-23-17)16-11-24-19(32-16)25-20(29)27-8-4-7-15(27)18(22)28/h1-3,5-6,9-11,15,26H,4,7-8H2,(H2,22,28)(H,24,25,29). The monoisotopic (exact) mass is 506 g/mol. The van der Waals surface area contributed by atoms with Gasteiger partial charge in [-0.1, -0.05) is 41.1 Å². The molecule has 2 aromatic heterocycles. The highest BCUT2D eigenvalue weighted by atomic mass is 35.5. The topological polar surface area (TPSA) is 147 Å². The first-order chi connectivity index (χ1) is 15.7. The number of nitrogens with one attached hydrogen (secondary N) is 2. The molecule has 0 bridgehead atoms. The lowest BCUT2D eigenvalue weighted by Crippen LogP contribution is -2.45. The van der Waals surface area contributed by atoms with Gasteiger partial charge in [0.2, 0.25) is 5.91 Å². The number of likely N-dealkylation sites (tertiary alicyclic amines) is 1. The summed E-state index contributed by atoms with van der Waals surface area (Å²) in [5.41, 5.74) is 6.03. The lowest BCUT2D eigenvalue weighted by molar-refractivity contribution is -0.121. The van der Waals surface area contributed by atoms with E-state index in [2.05, 4.69) is 20.0 Å². The van der Waals surface area contributed by atoms with Crippen LogP contribution in [0.2, 0.25) is 5.15 Å². The minimum absolute atomic E-state index is 0.0113. The second kappa shape index (κ2) is 9.33. The van der Waals surface area contributed by atoms with Gasteiger partial charge in [-0.25, -0.2) is 23.2 Å². The smallest absolute Gasteiger partial charge is 0.324 e. The third-order valence-corrected chi connectivity index (χ3v) is 7.63. The number of benzene rings is 1. The van der Waals surface area contributed by atoms with E-state index < -0.39 is 28.0 Å². The van der Waals surface area contributed by atoms with E-state index in [1.54, 1.807) is 24.3 Å². The van der Waals surface area contributed by atoms with Crippen molar-refractivity contribution in [3.05, 3.63) is 53.9 Å². The van der Waals surface area contributed by atoms with E-state index in [9.17, 15) is 18.0 Å². The molecule has 33 heavy (non-hydrogen) atoms. The van der Waals surface area contributed by atoms with Gasteiger partial charge in [0.25, 0.3) is 10.0 Å². The van der Waals surface area contributed by atoms with Crippen molar-refractivity contribution in [1.29, 1.82) is 0 Å². The highest BCUT2D eigenvalue weighted by Crippen LogP contribution is 2.33. The first kappa shape index (κ1) is 23.0. The molecule has 1 unspecified atom stereocenters. The number of sulfonamides is 1. The molecule has 0 radical (unpaired) electrons. The van der Waals surface area contributed by atoms with E-state index in [0.717, 1.165) is 0 Å². The molecule has 3 aromatic rings. The van der Waals surface area contributed by atoms with Gasteiger partial charge < -0.3 is 10.6 Å². The molecule has 0 aliphatic carbocycles. The number of hydrogen-bond donors (Lipinski definition) is 3. The van der Waals surface area contributed by atoms with Crippen molar-refractivity contribution in [3.63, 3.8) is 0 Å². The Morgan fingerprint density at radius 1 is 1.18 bits per heavy atom. The van der Waals surface area contributed by atoms with Crippen LogP contribution in [0.1, 0.15) is 12.8 Å². The first-order valence-electron chi connectivity index (χ1n) is 9.81. The van der Waals surface area contributed by atoms with E-state index in [1.807, 2.05) is 0 Å². The Bertz CT molecular complexity index is 1300. The average Bonchev–Trinajstić information content (AvgIpc) is 3.46. The molecule has 3 heterocycles. The molecule has 1 aliphatic rings. The summed E-state index contributed by atoms with van der Waals surface area (Å²) in [6.07, 6.45) is 4.23. The molecule has 3 amide bonds. The SMILES string of the molecule is NC(=O)C1CCCN1C(=O)Nc1ncc(-c2cnc(Cl)c(NS(=O)(=O)c3ccccc3)c2)s1. The molecule has 1 aliphatic heterocycles. The Kier molecular flexibility index (Phi) is 6.49. The number of carbonyl (C=O) groups excluding carboxylic acids is 2.